The summed E-state index contributed by atoms with van der Waals surface area (Å²) in [6.45, 7) is 5.26. The van der Waals surface area contributed by atoms with E-state index >= 15 is 0 Å². The van der Waals surface area contributed by atoms with Gasteiger partial charge in [-0.1, -0.05) is 0 Å². The Hall–Kier alpha value is -2.89. The summed E-state index contributed by atoms with van der Waals surface area (Å²) < 4.78 is 13.1. The largest absolute Gasteiger partial charge is 0.368 e. The standard InChI is InChI=1S/C21H22FN3O2/c1-2-25-19-8-3-15(13-16(19)14-20(25)26)21(27)24-11-9-23(10-12-24)18-6-4-17(22)5-7-18/h3-8,13H,2,9-12,14H2,1H3. The number of fused-ring (bicyclic) bond motifs is 1. The van der Waals surface area contributed by atoms with Crippen molar-refractivity contribution >= 4 is 23.2 Å². The van der Waals surface area contributed by atoms with Gasteiger partial charge in [0, 0.05) is 49.7 Å². The minimum Gasteiger partial charge on any atom is -0.368 e. The molecule has 1 saturated heterocycles. The molecule has 2 aliphatic heterocycles. The average Bonchev–Trinajstić information content (AvgIpc) is 3.02. The Balaban J connectivity index is 1.43. The summed E-state index contributed by atoms with van der Waals surface area (Å²) >= 11 is 0. The molecule has 2 aromatic rings. The topological polar surface area (TPSA) is 43.9 Å². The number of rotatable bonds is 3. The van der Waals surface area contributed by atoms with Crippen LogP contribution in [0.25, 0.3) is 0 Å². The Morgan fingerprint density at radius 3 is 2.41 bits per heavy atom. The van der Waals surface area contributed by atoms with E-state index in [-0.39, 0.29) is 17.6 Å². The molecule has 4 rings (SSSR count). The van der Waals surface area contributed by atoms with Gasteiger partial charge in [0.15, 0.2) is 0 Å². The van der Waals surface area contributed by atoms with Crippen molar-refractivity contribution in [1.82, 2.24) is 4.90 Å². The number of carbonyl (C=O) groups is 2. The Morgan fingerprint density at radius 1 is 1.04 bits per heavy atom. The number of benzene rings is 2. The molecule has 140 valence electrons. The van der Waals surface area contributed by atoms with E-state index in [4.69, 9.17) is 0 Å². The first kappa shape index (κ1) is 17.5. The quantitative estimate of drug-likeness (QED) is 0.838. The number of amides is 2. The van der Waals surface area contributed by atoms with Gasteiger partial charge in [0.25, 0.3) is 5.91 Å². The molecule has 2 aliphatic rings. The Labute approximate surface area is 158 Å². The molecular weight excluding hydrogens is 345 g/mol. The lowest BCUT2D eigenvalue weighted by molar-refractivity contribution is -0.117. The predicted molar refractivity (Wildman–Crippen MR) is 103 cm³/mol. The molecule has 0 aliphatic carbocycles. The van der Waals surface area contributed by atoms with Crippen LogP contribution in [0.5, 0.6) is 0 Å². The number of hydrogen-bond acceptors (Lipinski definition) is 3. The van der Waals surface area contributed by atoms with Crippen LogP contribution in [0.15, 0.2) is 42.5 Å². The second-order valence-corrected chi connectivity index (χ2v) is 6.91. The molecule has 2 heterocycles. The molecule has 5 nitrogen and oxygen atoms in total. The summed E-state index contributed by atoms with van der Waals surface area (Å²) in [6, 6.07) is 12.0. The van der Waals surface area contributed by atoms with Crippen molar-refractivity contribution in [2.75, 3.05) is 42.5 Å². The fourth-order valence-corrected chi connectivity index (χ4v) is 3.87. The zero-order chi connectivity index (χ0) is 19.0. The van der Waals surface area contributed by atoms with Crippen LogP contribution in [0.4, 0.5) is 15.8 Å². The SMILES string of the molecule is CCN1C(=O)Cc2cc(C(=O)N3CCN(c4ccc(F)cc4)CC3)ccc21. The fraction of sp³-hybridized carbons (Fsp3) is 0.333. The van der Waals surface area contributed by atoms with Crippen LogP contribution in [-0.2, 0) is 11.2 Å². The minimum absolute atomic E-state index is 0.000969. The molecule has 1 fully saturated rings. The number of anilines is 2. The van der Waals surface area contributed by atoms with Gasteiger partial charge >= 0.3 is 0 Å². The first-order valence-electron chi connectivity index (χ1n) is 9.30. The fourth-order valence-electron chi connectivity index (χ4n) is 3.87. The van der Waals surface area contributed by atoms with Gasteiger partial charge in [-0.2, -0.15) is 0 Å². The molecule has 2 amide bonds. The Morgan fingerprint density at radius 2 is 1.74 bits per heavy atom. The highest BCUT2D eigenvalue weighted by atomic mass is 19.1. The number of nitrogens with zero attached hydrogens (tertiary/aromatic N) is 3. The number of carbonyl (C=O) groups excluding carboxylic acids is 2. The van der Waals surface area contributed by atoms with E-state index in [1.807, 2.05) is 30.0 Å². The van der Waals surface area contributed by atoms with Crippen molar-refractivity contribution in [2.24, 2.45) is 0 Å². The van der Waals surface area contributed by atoms with Gasteiger partial charge in [-0.3, -0.25) is 9.59 Å². The minimum atomic E-state index is -0.246. The van der Waals surface area contributed by atoms with Crippen molar-refractivity contribution in [3.8, 4) is 0 Å². The lowest BCUT2D eigenvalue weighted by Gasteiger charge is -2.36. The van der Waals surface area contributed by atoms with Gasteiger partial charge < -0.3 is 14.7 Å². The maximum atomic E-state index is 13.1. The maximum absolute atomic E-state index is 13.1. The molecule has 27 heavy (non-hydrogen) atoms. The monoisotopic (exact) mass is 367 g/mol. The number of likely N-dealkylation sites (N-methyl/N-ethyl adjacent to an activating group) is 1. The Bertz CT molecular complexity index is 873. The second-order valence-electron chi connectivity index (χ2n) is 6.91. The van der Waals surface area contributed by atoms with Crippen molar-refractivity contribution in [3.63, 3.8) is 0 Å². The van der Waals surface area contributed by atoms with Crippen LogP contribution in [0.2, 0.25) is 0 Å². The van der Waals surface area contributed by atoms with Gasteiger partial charge in [-0.25, -0.2) is 4.39 Å². The van der Waals surface area contributed by atoms with Gasteiger partial charge in [-0.05, 0) is 55.0 Å². The summed E-state index contributed by atoms with van der Waals surface area (Å²) in [5.74, 6) is -0.159. The van der Waals surface area contributed by atoms with Crippen molar-refractivity contribution < 1.29 is 14.0 Å². The summed E-state index contributed by atoms with van der Waals surface area (Å²) in [4.78, 5) is 30.7. The second kappa shape index (κ2) is 7.02. The van der Waals surface area contributed by atoms with E-state index in [0.717, 1.165) is 16.9 Å². The predicted octanol–water partition coefficient (Wildman–Crippen LogP) is 2.70. The summed E-state index contributed by atoms with van der Waals surface area (Å²) in [6.07, 6.45) is 0.364. The first-order chi connectivity index (χ1) is 13.1. The highest BCUT2D eigenvalue weighted by molar-refractivity contribution is 6.03. The molecule has 6 heteroatoms. The lowest BCUT2D eigenvalue weighted by Crippen LogP contribution is -2.48. The van der Waals surface area contributed by atoms with E-state index in [0.29, 0.717) is 44.7 Å². The normalized spacial score (nSPS) is 16.7. The smallest absolute Gasteiger partial charge is 0.253 e. The van der Waals surface area contributed by atoms with E-state index in [9.17, 15) is 14.0 Å². The van der Waals surface area contributed by atoms with E-state index < -0.39 is 0 Å². The molecular formula is C21H22FN3O2. The summed E-state index contributed by atoms with van der Waals surface area (Å²) in [5, 5.41) is 0. The van der Waals surface area contributed by atoms with Crippen molar-refractivity contribution in [3.05, 3.63) is 59.4 Å². The molecule has 0 atom stereocenters. The van der Waals surface area contributed by atoms with Gasteiger partial charge in [-0.15, -0.1) is 0 Å². The van der Waals surface area contributed by atoms with Crippen LogP contribution in [-0.4, -0.2) is 49.4 Å². The first-order valence-corrected chi connectivity index (χ1v) is 9.30. The lowest BCUT2D eigenvalue weighted by atomic mass is 10.1. The van der Waals surface area contributed by atoms with Crippen LogP contribution in [0.3, 0.4) is 0 Å². The van der Waals surface area contributed by atoms with Crippen LogP contribution >= 0.6 is 0 Å². The summed E-state index contributed by atoms with van der Waals surface area (Å²) in [7, 11) is 0. The zero-order valence-corrected chi connectivity index (χ0v) is 15.3. The van der Waals surface area contributed by atoms with E-state index in [1.165, 1.54) is 12.1 Å². The number of halogens is 1. The highest BCUT2D eigenvalue weighted by Crippen LogP contribution is 2.30. The number of piperazine rings is 1. The third-order valence-electron chi connectivity index (χ3n) is 5.33. The van der Waals surface area contributed by atoms with Crippen LogP contribution in [0.1, 0.15) is 22.8 Å². The molecule has 0 saturated carbocycles. The van der Waals surface area contributed by atoms with Crippen molar-refractivity contribution in [1.29, 1.82) is 0 Å². The van der Waals surface area contributed by atoms with Gasteiger partial charge in [0.05, 0.1) is 6.42 Å². The van der Waals surface area contributed by atoms with E-state index in [2.05, 4.69) is 4.90 Å². The average molecular weight is 367 g/mol. The van der Waals surface area contributed by atoms with E-state index in [1.54, 1.807) is 17.0 Å². The number of hydrogen-bond donors (Lipinski definition) is 0. The zero-order valence-electron chi connectivity index (χ0n) is 15.3. The van der Waals surface area contributed by atoms with Gasteiger partial charge in [0.2, 0.25) is 5.91 Å². The molecule has 0 bridgehead atoms. The third-order valence-corrected chi connectivity index (χ3v) is 5.33. The third kappa shape index (κ3) is 3.27. The maximum Gasteiger partial charge on any atom is 0.253 e. The molecule has 2 aromatic carbocycles. The molecule has 0 aromatic heterocycles. The highest BCUT2D eigenvalue weighted by Gasteiger charge is 2.28. The van der Waals surface area contributed by atoms with Crippen LogP contribution in [0, 0.1) is 5.82 Å². The molecule has 0 N–H and O–H groups in total. The Kier molecular flexibility index (Phi) is 4.56. The van der Waals surface area contributed by atoms with Crippen LogP contribution < -0.4 is 9.80 Å². The molecule has 0 radical (unpaired) electrons. The van der Waals surface area contributed by atoms with Crippen molar-refractivity contribution in [2.45, 2.75) is 13.3 Å². The van der Waals surface area contributed by atoms with Gasteiger partial charge in [0.1, 0.15) is 5.82 Å². The molecule has 0 unspecified atom stereocenters. The summed E-state index contributed by atoms with van der Waals surface area (Å²) in [5.41, 5.74) is 3.45. The molecule has 0 spiro atoms.